The zero-order valence-electron chi connectivity index (χ0n) is 16.6. The topological polar surface area (TPSA) is 86.8 Å². The van der Waals surface area contributed by atoms with Crippen LogP contribution in [0.5, 0.6) is 5.75 Å². The van der Waals surface area contributed by atoms with Gasteiger partial charge in [0.05, 0.1) is 24.7 Å². The second kappa shape index (κ2) is 8.06. The number of carbonyl (C=O) groups is 1. The number of hydrogen-bond acceptors (Lipinski definition) is 6. The molecule has 1 aliphatic carbocycles. The second-order valence-corrected chi connectivity index (χ2v) is 7.80. The van der Waals surface area contributed by atoms with Crippen LogP contribution in [0.25, 0.3) is 10.9 Å². The van der Waals surface area contributed by atoms with Crippen molar-refractivity contribution in [3.05, 3.63) is 33.9 Å². The van der Waals surface area contributed by atoms with Gasteiger partial charge in [0.1, 0.15) is 11.3 Å². The van der Waals surface area contributed by atoms with Crippen molar-refractivity contribution in [1.82, 2.24) is 4.57 Å². The molecule has 31 heavy (non-hydrogen) atoms. The summed E-state index contributed by atoms with van der Waals surface area (Å²) in [6.45, 7) is -0.291. The van der Waals surface area contributed by atoms with Gasteiger partial charge in [0.2, 0.25) is 5.43 Å². The Morgan fingerprint density at radius 3 is 2.58 bits per heavy atom. The monoisotopic (exact) mass is 441 g/mol. The van der Waals surface area contributed by atoms with Crippen molar-refractivity contribution in [2.45, 2.75) is 24.9 Å². The summed E-state index contributed by atoms with van der Waals surface area (Å²) in [5, 5.41) is -0.195. The van der Waals surface area contributed by atoms with Crippen LogP contribution in [-0.2, 0) is 4.65 Å². The number of pyridine rings is 1. The maximum absolute atomic E-state index is 15.2. The first-order valence-electron chi connectivity index (χ1n) is 9.77. The Kier molecular flexibility index (Phi) is 5.59. The van der Waals surface area contributed by atoms with Gasteiger partial charge in [-0.15, -0.1) is 0 Å². The number of aromatic nitrogens is 1. The first kappa shape index (κ1) is 21.5. The molecule has 166 valence electrons. The molecule has 0 unspecified atom stereocenters. The highest BCUT2D eigenvalue weighted by Gasteiger charge is 2.36. The Labute approximate surface area is 174 Å². The van der Waals surface area contributed by atoms with Gasteiger partial charge in [-0.05, 0) is 18.9 Å². The average Bonchev–Trinajstić information content (AvgIpc) is 3.49. The maximum atomic E-state index is 15.2. The lowest BCUT2D eigenvalue weighted by Crippen LogP contribution is -2.30. The van der Waals surface area contributed by atoms with Gasteiger partial charge in [0.25, 0.3) is 0 Å². The number of alkyl halides is 1. The molecule has 1 aromatic carbocycles. The molecule has 4 rings (SSSR count). The summed E-state index contributed by atoms with van der Waals surface area (Å²) in [7, 11) is -2.09. The molecule has 1 saturated heterocycles. The van der Waals surface area contributed by atoms with Crippen LogP contribution < -0.4 is 20.8 Å². The number of nitrogens with zero attached hydrogens (tertiary/aromatic N) is 2. The highest BCUT2D eigenvalue weighted by molar-refractivity contribution is 6.38. The van der Waals surface area contributed by atoms with Gasteiger partial charge in [-0.2, -0.15) is 0 Å². The van der Waals surface area contributed by atoms with Crippen molar-refractivity contribution in [2.24, 2.45) is 11.7 Å². The van der Waals surface area contributed by atoms with E-state index in [1.165, 1.54) is 7.11 Å². The van der Waals surface area contributed by atoms with Gasteiger partial charge in [-0.1, -0.05) is 0 Å². The third kappa shape index (κ3) is 3.73. The van der Waals surface area contributed by atoms with E-state index in [2.05, 4.69) is 4.65 Å². The standard InChI is InChI=1S/C19H20BF4N3O4/c1-30-18-15-11(4-13(22)16(18)26-6-9(5-21)14(25)8-26)17(28)12(19(29)31-20(23)24)7-27(15)10-2-3-10/h4,7,9-10,14H,2-3,5-6,8,25H2,1H3/t9-,14+/m0/s1. The number of ether oxygens (including phenoxy) is 1. The van der Waals surface area contributed by atoms with E-state index < -0.39 is 48.9 Å². The molecule has 1 aromatic heterocycles. The number of halogens is 4. The molecule has 2 atom stereocenters. The first-order valence-corrected chi connectivity index (χ1v) is 9.77. The van der Waals surface area contributed by atoms with E-state index in [1.807, 2.05) is 0 Å². The fourth-order valence-corrected chi connectivity index (χ4v) is 4.10. The van der Waals surface area contributed by atoms with Gasteiger partial charge >= 0.3 is 13.4 Å². The molecule has 0 amide bonds. The fourth-order valence-electron chi connectivity index (χ4n) is 4.10. The van der Waals surface area contributed by atoms with Crippen LogP contribution in [0.4, 0.5) is 23.1 Å². The number of anilines is 1. The summed E-state index contributed by atoms with van der Waals surface area (Å²) in [4.78, 5) is 26.5. The number of carbonyl (C=O) groups excluding carboxylic acids is 1. The Bertz CT molecular complexity index is 1090. The van der Waals surface area contributed by atoms with Gasteiger partial charge < -0.3 is 24.6 Å². The van der Waals surface area contributed by atoms with Crippen LogP contribution in [-0.4, -0.2) is 50.9 Å². The maximum Gasteiger partial charge on any atom is 0.798 e. The summed E-state index contributed by atoms with van der Waals surface area (Å²) < 4.78 is 64.4. The van der Waals surface area contributed by atoms with Crippen LogP contribution in [0.3, 0.4) is 0 Å². The van der Waals surface area contributed by atoms with Crippen molar-refractivity contribution in [1.29, 1.82) is 0 Å². The van der Waals surface area contributed by atoms with Crippen LogP contribution >= 0.6 is 0 Å². The third-order valence-electron chi connectivity index (χ3n) is 5.76. The van der Waals surface area contributed by atoms with Gasteiger partial charge in [-0.25, -0.2) is 17.8 Å². The summed E-state index contributed by atoms with van der Waals surface area (Å²) in [6.07, 6.45) is 2.59. The lowest BCUT2D eigenvalue weighted by atomic mass is 10.1. The van der Waals surface area contributed by atoms with E-state index >= 15 is 4.39 Å². The highest BCUT2D eigenvalue weighted by atomic mass is 19.2. The Morgan fingerprint density at radius 2 is 2.03 bits per heavy atom. The highest BCUT2D eigenvalue weighted by Crippen LogP contribution is 2.44. The fraction of sp³-hybridized carbons (Fsp3) is 0.474. The molecule has 0 radical (unpaired) electrons. The predicted molar refractivity (Wildman–Crippen MR) is 106 cm³/mol. The van der Waals surface area contributed by atoms with Gasteiger partial charge in [0, 0.05) is 37.3 Å². The molecule has 2 aromatic rings. The zero-order chi connectivity index (χ0) is 22.4. The molecule has 0 spiro atoms. The minimum Gasteiger partial charge on any atom is -0.492 e. The minimum atomic E-state index is -3.39. The summed E-state index contributed by atoms with van der Waals surface area (Å²) in [5.74, 6) is -2.75. The van der Waals surface area contributed by atoms with E-state index in [9.17, 15) is 22.6 Å². The Morgan fingerprint density at radius 1 is 1.32 bits per heavy atom. The van der Waals surface area contributed by atoms with E-state index in [-0.39, 0.29) is 41.5 Å². The molecule has 1 saturated carbocycles. The Balaban J connectivity index is 1.94. The molecule has 2 N–H and O–H groups in total. The largest absolute Gasteiger partial charge is 0.798 e. The van der Waals surface area contributed by atoms with E-state index in [0.717, 1.165) is 25.1 Å². The van der Waals surface area contributed by atoms with Crippen molar-refractivity contribution in [2.75, 3.05) is 31.8 Å². The first-order chi connectivity index (χ1) is 14.8. The smallest absolute Gasteiger partial charge is 0.492 e. The molecular formula is C19H20BF4N3O4. The van der Waals surface area contributed by atoms with E-state index in [1.54, 1.807) is 9.47 Å². The van der Waals surface area contributed by atoms with E-state index in [4.69, 9.17) is 10.5 Å². The molecule has 12 heteroatoms. The van der Waals surface area contributed by atoms with Crippen molar-refractivity contribution in [3.63, 3.8) is 0 Å². The number of methoxy groups -OCH3 is 1. The van der Waals surface area contributed by atoms with Crippen molar-refractivity contribution >= 4 is 30.0 Å². The van der Waals surface area contributed by atoms with Crippen LogP contribution in [0, 0.1) is 11.7 Å². The van der Waals surface area contributed by atoms with Crippen LogP contribution in [0.2, 0.25) is 0 Å². The molecule has 7 nitrogen and oxygen atoms in total. The third-order valence-corrected chi connectivity index (χ3v) is 5.76. The molecule has 2 heterocycles. The molecule has 2 aliphatic rings. The Hall–Kier alpha value is -2.76. The van der Waals surface area contributed by atoms with Crippen LogP contribution in [0.15, 0.2) is 17.1 Å². The van der Waals surface area contributed by atoms with Crippen molar-refractivity contribution < 1.29 is 31.6 Å². The second-order valence-electron chi connectivity index (χ2n) is 7.80. The molecular weight excluding hydrogens is 421 g/mol. The number of hydrogen-bond donors (Lipinski definition) is 1. The number of benzene rings is 1. The van der Waals surface area contributed by atoms with Crippen molar-refractivity contribution in [3.8, 4) is 5.75 Å². The van der Waals surface area contributed by atoms with Crippen LogP contribution in [0.1, 0.15) is 29.2 Å². The molecule has 0 bridgehead atoms. The zero-order valence-corrected chi connectivity index (χ0v) is 16.6. The average molecular weight is 441 g/mol. The number of rotatable bonds is 6. The normalized spacial score (nSPS) is 20.9. The SMILES string of the molecule is COc1c(N2C[C@H](CF)[C@H](N)C2)c(F)cc2c(=O)c(C(=O)OB(F)F)cn(C3CC3)c12. The quantitative estimate of drug-likeness (QED) is 0.547. The minimum absolute atomic E-state index is 0.0399. The summed E-state index contributed by atoms with van der Waals surface area (Å²) in [6, 6.07) is 0.330. The molecule has 2 fully saturated rings. The number of fused-ring (bicyclic) bond motifs is 1. The predicted octanol–water partition coefficient (Wildman–Crippen LogP) is 2.30. The molecule has 1 aliphatic heterocycles. The lowest BCUT2D eigenvalue weighted by Gasteiger charge is -2.24. The van der Waals surface area contributed by atoms with Gasteiger partial charge in [0.15, 0.2) is 11.6 Å². The lowest BCUT2D eigenvalue weighted by molar-refractivity contribution is 0.0693. The summed E-state index contributed by atoms with van der Waals surface area (Å²) in [5.41, 5.74) is 4.68. The van der Waals surface area contributed by atoms with Gasteiger partial charge in [-0.3, -0.25) is 9.18 Å². The number of nitrogens with two attached hydrogens (primary N) is 1. The summed E-state index contributed by atoms with van der Waals surface area (Å²) >= 11 is 0. The van der Waals surface area contributed by atoms with E-state index in [0.29, 0.717) is 0 Å².